The van der Waals surface area contributed by atoms with Crippen LogP contribution in [0.15, 0.2) is 24.8 Å². The molecule has 5 heteroatoms. The molecule has 0 saturated carbocycles. The lowest BCUT2D eigenvalue weighted by molar-refractivity contribution is -0.131. The van der Waals surface area contributed by atoms with Crippen molar-refractivity contribution in [3.8, 4) is 0 Å². The molecule has 0 bridgehead atoms. The zero-order valence-electron chi connectivity index (χ0n) is 9.08. The molecule has 0 amide bonds. The summed E-state index contributed by atoms with van der Waals surface area (Å²) >= 11 is 0. The van der Waals surface area contributed by atoms with Crippen molar-refractivity contribution in [2.75, 3.05) is 13.2 Å². The lowest BCUT2D eigenvalue weighted by Crippen LogP contribution is -2.04. The first-order chi connectivity index (χ1) is 7.70. The maximum absolute atomic E-state index is 10.4. The SMILES string of the molecule is C=CCON1C(C=CC(=O)O)C1CCCO. The van der Waals surface area contributed by atoms with Gasteiger partial charge in [-0.3, -0.25) is 4.84 Å². The van der Waals surface area contributed by atoms with E-state index in [-0.39, 0.29) is 18.7 Å². The topological polar surface area (TPSA) is 69.8 Å². The lowest BCUT2D eigenvalue weighted by atomic mass is 10.2. The Morgan fingerprint density at radius 1 is 1.56 bits per heavy atom. The van der Waals surface area contributed by atoms with Gasteiger partial charge in [-0.25, -0.2) is 4.79 Å². The predicted molar refractivity (Wildman–Crippen MR) is 58.7 cm³/mol. The van der Waals surface area contributed by atoms with Gasteiger partial charge in [0.25, 0.3) is 0 Å². The normalized spacial score (nSPS) is 28.2. The predicted octanol–water partition coefficient (Wildman–Crippen LogP) is 0.570. The number of rotatable bonds is 8. The highest BCUT2D eigenvalue weighted by atomic mass is 16.7. The minimum atomic E-state index is -0.962. The van der Waals surface area contributed by atoms with Crippen molar-refractivity contribution < 1.29 is 19.8 Å². The van der Waals surface area contributed by atoms with Crippen LogP contribution in [0.2, 0.25) is 0 Å². The van der Waals surface area contributed by atoms with Gasteiger partial charge in [0.15, 0.2) is 0 Å². The van der Waals surface area contributed by atoms with Gasteiger partial charge in [0.2, 0.25) is 0 Å². The highest BCUT2D eigenvalue weighted by Gasteiger charge is 2.46. The van der Waals surface area contributed by atoms with Gasteiger partial charge in [-0.2, -0.15) is 5.06 Å². The molecule has 1 rings (SSSR count). The van der Waals surface area contributed by atoms with Gasteiger partial charge in [-0.05, 0) is 12.8 Å². The van der Waals surface area contributed by atoms with Crippen LogP contribution in [0.3, 0.4) is 0 Å². The van der Waals surface area contributed by atoms with Crippen molar-refractivity contribution in [1.29, 1.82) is 0 Å². The van der Waals surface area contributed by atoms with E-state index in [0.29, 0.717) is 13.0 Å². The zero-order valence-corrected chi connectivity index (χ0v) is 9.08. The fraction of sp³-hybridized carbons (Fsp3) is 0.545. The average Bonchev–Trinajstić information content (AvgIpc) is 2.93. The second-order valence-corrected chi connectivity index (χ2v) is 3.57. The number of hydrogen-bond donors (Lipinski definition) is 2. The van der Waals surface area contributed by atoms with Gasteiger partial charge in [0.05, 0.1) is 18.7 Å². The van der Waals surface area contributed by atoms with E-state index in [1.807, 2.05) is 0 Å². The third-order valence-corrected chi connectivity index (χ3v) is 2.36. The molecule has 1 fully saturated rings. The molecule has 2 N–H and O–H groups in total. The Bertz CT molecular complexity index is 277. The van der Waals surface area contributed by atoms with Crippen LogP contribution in [-0.2, 0) is 9.63 Å². The number of carbonyl (C=O) groups is 1. The molecule has 1 aliphatic rings. The third kappa shape index (κ3) is 3.77. The van der Waals surface area contributed by atoms with Crippen molar-refractivity contribution in [2.24, 2.45) is 0 Å². The van der Waals surface area contributed by atoms with Crippen molar-refractivity contribution in [3.05, 3.63) is 24.8 Å². The second-order valence-electron chi connectivity index (χ2n) is 3.57. The smallest absolute Gasteiger partial charge is 0.328 e. The van der Waals surface area contributed by atoms with E-state index in [1.54, 1.807) is 17.2 Å². The number of aliphatic hydroxyl groups excluding tert-OH is 1. The lowest BCUT2D eigenvalue weighted by Gasteiger charge is -2.00. The molecular weight excluding hydrogens is 210 g/mol. The Kier molecular flexibility index (Phi) is 5.18. The number of nitrogens with zero attached hydrogens (tertiary/aromatic N) is 1. The third-order valence-electron chi connectivity index (χ3n) is 2.36. The Hall–Kier alpha value is -1.17. The summed E-state index contributed by atoms with van der Waals surface area (Å²) in [5.74, 6) is -0.962. The minimum Gasteiger partial charge on any atom is -0.478 e. The van der Waals surface area contributed by atoms with E-state index in [9.17, 15) is 4.79 Å². The molecule has 3 atom stereocenters. The maximum Gasteiger partial charge on any atom is 0.328 e. The molecule has 0 radical (unpaired) electrons. The highest BCUT2D eigenvalue weighted by molar-refractivity contribution is 5.79. The summed E-state index contributed by atoms with van der Waals surface area (Å²) in [6.45, 7) is 4.09. The largest absolute Gasteiger partial charge is 0.478 e. The van der Waals surface area contributed by atoms with Gasteiger partial charge in [0, 0.05) is 12.7 Å². The molecule has 0 aromatic carbocycles. The molecule has 90 valence electrons. The van der Waals surface area contributed by atoms with Crippen molar-refractivity contribution >= 4 is 5.97 Å². The number of carboxylic acid groups (broad SMARTS) is 1. The summed E-state index contributed by atoms with van der Waals surface area (Å²) in [4.78, 5) is 15.7. The van der Waals surface area contributed by atoms with Crippen molar-refractivity contribution in [1.82, 2.24) is 5.06 Å². The molecule has 1 aliphatic heterocycles. The molecular formula is C11H17NO4. The van der Waals surface area contributed by atoms with Crippen LogP contribution in [-0.4, -0.2) is 46.5 Å². The van der Waals surface area contributed by atoms with Gasteiger partial charge in [0.1, 0.15) is 0 Å². The van der Waals surface area contributed by atoms with Crippen molar-refractivity contribution in [2.45, 2.75) is 24.9 Å². The van der Waals surface area contributed by atoms with E-state index < -0.39 is 5.97 Å². The van der Waals surface area contributed by atoms with Crippen LogP contribution in [0.25, 0.3) is 0 Å². The van der Waals surface area contributed by atoms with Crippen LogP contribution in [0, 0.1) is 0 Å². The summed E-state index contributed by atoms with van der Waals surface area (Å²) in [6, 6.07) is 0.172. The Morgan fingerprint density at radius 2 is 2.31 bits per heavy atom. The fourth-order valence-corrected chi connectivity index (χ4v) is 1.59. The van der Waals surface area contributed by atoms with E-state index in [2.05, 4.69) is 6.58 Å². The van der Waals surface area contributed by atoms with Gasteiger partial charge in [-0.15, -0.1) is 6.58 Å². The van der Waals surface area contributed by atoms with Crippen LogP contribution in [0.4, 0.5) is 0 Å². The maximum atomic E-state index is 10.4. The first kappa shape index (κ1) is 12.9. The molecule has 1 saturated heterocycles. The van der Waals surface area contributed by atoms with Crippen LogP contribution in [0.1, 0.15) is 12.8 Å². The molecule has 0 aromatic rings. The van der Waals surface area contributed by atoms with E-state index in [0.717, 1.165) is 12.5 Å². The fourth-order valence-electron chi connectivity index (χ4n) is 1.59. The van der Waals surface area contributed by atoms with Crippen LogP contribution in [0.5, 0.6) is 0 Å². The minimum absolute atomic E-state index is 0.00241. The number of aliphatic hydroxyl groups is 1. The van der Waals surface area contributed by atoms with Crippen LogP contribution < -0.4 is 0 Å². The Labute approximate surface area is 94.6 Å². The van der Waals surface area contributed by atoms with E-state index >= 15 is 0 Å². The van der Waals surface area contributed by atoms with Crippen LogP contribution >= 0.6 is 0 Å². The number of hydrogen-bond acceptors (Lipinski definition) is 4. The van der Waals surface area contributed by atoms with Crippen molar-refractivity contribution in [3.63, 3.8) is 0 Å². The van der Waals surface area contributed by atoms with Gasteiger partial charge >= 0.3 is 5.97 Å². The Balaban J connectivity index is 2.40. The standard InChI is InChI=1S/C11H17NO4/c1-2-8-16-12-9(4-3-7-13)10(12)5-6-11(14)15/h2,5-6,9-10,13H,1,3-4,7-8H2,(H,14,15). The zero-order chi connectivity index (χ0) is 12.0. The quantitative estimate of drug-likeness (QED) is 0.360. The summed E-state index contributed by atoms with van der Waals surface area (Å²) in [5.41, 5.74) is 0. The van der Waals surface area contributed by atoms with E-state index in [1.165, 1.54) is 0 Å². The van der Waals surface area contributed by atoms with E-state index in [4.69, 9.17) is 15.1 Å². The molecule has 16 heavy (non-hydrogen) atoms. The summed E-state index contributed by atoms with van der Waals surface area (Å²) in [6.07, 6.45) is 5.85. The second kappa shape index (κ2) is 6.42. The molecule has 5 nitrogen and oxygen atoms in total. The average molecular weight is 227 g/mol. The monoisotopic (exact) mass is 227 g/mol. The Morgan fingerprint density at radius 3 is 2.88 bits per heavy atom. The van der Waals surface area contributed by atoms with Gasteiger partial charge in [-0.1, -0.05) is 12.2 Å². The first-order valence-corrected chi connectivity index (χ1v) is 5.25. The molecule has 0 spiro atoms. The molecule has 0 aromatic heterocycles. The van der Waals surface area contributed by atoms with Gasteiger partial charge < -0.3 is 10.2 Å². The summed E-state index contributed by atoms with van der Waals surface area (Å²) in [5, 5.41) is 19.0. The number of hydroxylamine groups is 2. The number of carboxylic acids is 1. The molecule has 3 unspecified atom stereocenters. The molecule has 0 aliphatic carbocycles. The highest BCUT2D eigenvalue weighted by Crippen LogP contribution is 2.33. The summed E-state index contributed by atoms with van der Waals surface area (Å²) in [7, 11) is 0. The molecule has 1 heterocycles. The number of aliphatic carboxylic acids is 1. The summed E-state index contributed by atoms with van der Waals surface area (Å²) < 4.78 is 0. The first-order valence-electron chi connectivity index (χ1n) is 5.25.